The summed E-state index contributed by atoms with van der Waals surface area (Å²) in [7, 11) is 2.09. The molecular weight excluding hydrogens is 411 g/mol. The van der Waals surface area contributed by atoms with Gasteiger partial charge in [-0.2, -0.15) is 0 Å². The fourth-order valence-electron chi connectivity index (χ4n) is 4.15. The van der Waals surface area contributed by atoms with Crippen LogP contribution in [0.15, 0.2) is 18.2 Å². The zero-order valence-corrected chi connectivity index (χ0v) is 20.2. The van der Waals surface area contributed by atoms with Crippen LogP contribution in [0, 0.1) is 17.7 Å². The molecule has 2 aliphatic rings. The first-order chi connectivity index (χ1) is 14.9. The lowest BCUT2D eigenvalue weighted by Gasteiger charge is -2.42. The van der Waals surface area contributed by atoms with E-state index in [-0.39, 0.29) is 35.7 Å². The summed E-state index contributed by atoms with van der Waals surface area (Å²) in [6.07, 6.45) is -0.341. The van der Waals surface area contributed by atoms with Crippen LogP contribution in [0.1, 0.15) is 46.2 Å². The van der Waals surface area contributed by atoms with Gasteiger partial charge in [-0.05, 0) is 52.9 Å². The fourth-order valence-corrected chi connectivity index (χ4v) is 4.15. The molecular formula is C24H37FN4O3. The number of hydrogen-bond donors (Lipinski definition) is 1. The first-order valence-corrected chi connectivity index (χ1v) is 11.5. The van der Waals surface area contributed by atoms with Crippen LogP contribution in [0.2, 0.25) is 0 Å². The average molecular weight is 449 g/mol. The van der Waals surface area contributed by atoms with E-state index in [1.165, 1.54) is 12.1 Å². The number of carbonyl (C=O) groups excluding carboxylic acids is 2. The highest BCUT2D eigenvalue weighted by Crippen LogP contribution is 2.30. The van der Waals surface area contributed by atoms with E-state index in [0.29, 0.717) is 13.1 Å². The maximum absolute atomic E-state index is 14.1. The maximum atomic E-state index is 14.1. The van der Waals surface area contributed by atoms with Gasteiger partial charge in [-0.15, -0.1) is 0 Å². The van der Waals surface area contributed by atoms with E-state index in [4.69, 9.17) is 4.74 Å². The van der Waals surface area contributed by atoms with Crippen molar-refractivity contribution < 1.29 is 18.7 Å². The first kappa shape index (κ1) is 24.3. The Morgan fingerprint density at radius 2 is 1.75 bits per heavy atom. The molecule has 3 rings (SSSR count). The molecule has 1 aromatic rings. The van der Waals surface area contributed by atoms with Crippen molar-refractivity contribution in [3.05, 3.63) is 29.6 Å². The number of amides is 2. The highest BCUT2D eigenvalue weighted by Gasteiger charge is 2.39. The Bertz CT molecular complexity index is 827. The Morgan fingerprint density at radius 3 is 2.34 bits per heavy atom. The summed E-state index contributed by atoms with van der Waals surface area (Å²) in [4.78, 5) is 31.2. The zero-order valence-electron chi connectivity index (χ0n) is 20.2. The predicted octanol–water partition coefficient (Wildman–Crippen LogP) is 3.26. The van der Waals surface area contributed by atoms with Gasteiger partial charge in [-0.3, -0.25) is 4.79 Å². The van der Waals surface area contributed by atoms with Crippen LogP contribution in [0.3, 0.4) is 0 Å². The summed E-state index contributed by atoms with van der Waals surface area (Å²) >= 11 is 0. The van der Waals surface area contributed by atoms with Crippen molar-refractivity contribution in [2.24, 2.45) is 11.8 Å². The van der Waals surface area contributed by atoms with E-state index in [9.17, 15) is 14.0 Å². The van der Waals surface area contributed by atoms with Crippen LogP contribution in [-0.4, -0.2) is 73.7 Å². The molecule has 0 saturated carbocycles. The fraction of sp³-hybridized carbons (Fsp3) is 0.667. The molecule has 2 atom stereocenters. The Labute approximate surface area is 190 Å². The molecule has 0 spiro atoms. The van der Waals surface area contributed by atoms with Crippen LogP contribution in [0.5, 0.6) is 0 Å². The molecule has 8 heteroatoms. The van der Waals surface area contributed by atoms with Gasteiger partial charge in [0.05, 0.1) is 6.04 Å². The Hall–Kier alpha value is -2.35. The molecule has 1 aromatic carbocycles. The van der Waals surface area contributed by atoms with Gasteiger partial charge in [-0.25, -0.2) is 9.18 Å². The minimum absolute atomic E-state index is 0.0827. The number of ether oxygens (including phenoxy) is 1. The Kier molecular flexibility index (Phi) is 7.32. The van der Waals surface area contributed by atoms with Gasteiger partial charge < -0.3 is 24.8 Å². The van der Waals surface area contributed by atoms with Crippen molar-refractivity contribution in [1.82, 2.24) is 15.1 Å². The molecule has 2 heterocycles. The number of piperazine rings is 1. The summed E-state index contributed by atoms with van der Waals surface area (Å²) in [6, 6.07) is 4.50. The number of carbonyl (C=O) groups is 2. The van der Waals surface area contributed by atoms with Crippen molar-refractivity contribution in [3.8, 4) is 0 Å². The van der Waals surface area contributed by atoms with Gasteiger partial charge >= 0.3 is 6.09 Å². The van der Waals surface area contributed by atoms with Crippen molar-refractivity contribution in [2.75, 3.05) is 51.2 Å². The molecule has 1 N–H and O–H groups in total. The number of anilines is 1. The largest absolute Gasteiger partial charge is 0.444 e. The SMILES string of the molecule is CC(NC(=O)C(C)C1CN(C(=O)OC(C)(C)C)C1)c1cc(F)ccc1N1CCN(C)CC1. The summed E-state index contributed by atoms with van der Waals surface area (Å²) in [5.74, 6) is -0.560. The third-order valence-corrected chi connectivity index (χ3v) is 6.34. The molecule has 2 saturated heterocycles. The Balaban J connectivity index is 1.59. The molecule has 178 valence electrons. The van der Waals surface area contributed by atoms with E-state index in [0.717, 1.165) is 37.4 Å². The first-order valence-electron chi connectivity index (χ1n) is 11.5. The van der Waals surface area contributed by atoms with E-state index >= 15 is 0 Å². The summed E-state index contributed by atoms with van der Waals surface area (Å²) in [5, 5.41) is 3.07. The molecule has 0 aromatic heterocycles. The number of hydrogen-bond acceptors (Lipinski definition) is 5. The normalized spacial score (nSPS) is 19.8. The summed E-state index contributed by atoms with van der Waals surface area (Å²) < 4.78 is 19.5. The van der Waals surface area contributed by atoms with Crippen molar-refractivity contribution in [2.45, 2.75) is 46.3 Å². The molecule has 2 unspecified atom stereocenters. The van der Waals surface area contributed by atoms with E-state index in [2.05, 4.69) is 22.2 Å². The number of rotatable bonds is 5. The number of nitrogens with zero attached hydrogens (tertiary/aromatic N) is 3. The predicted molar refractivity (Wildman–Crippen MR) is 123 cm³/mol. The number of likely N-dealkylation sites (N-methyl/N-ethyl adjacent to an activating group) is 1. The molecule has 0 radical (unpaired) electrons. The van der Waals surface area contributed by atoms with Gasteiger partial charge in [0.1, 0.15) is 11.4 Å². The Morgan fingerprint density at radius 1 is 1.12 bits per heavy atom. The van der Waals surface area contributed by atoms with Crippen molar-refractivity contribution in [1.29, 1.82) is 0 Å². The number of halogens is 1. The quantitative estimate of drug-likeness (QED) is 0.749. The summed E-state index contributed by atoms with van der Waals surface area (Å²) in [6.45, 7) is 13.9. The lowest BCUT2D eigenvalue weighted by atomic mass is 9.86. The highest BCUT2D eigenvalue weighted by molar-refractivity contribution is 5.80. The number of benzene rings is 1. The average Bonchev–Trinajstić information content (AvgIpc) is 2.66. The molecule has 7 nitrogen and oxygen atoms in total. The van der Waals surface area contributed by atoms with Crippen LogP contribution in [0.25, 0.3) is 0 Å². The highest BCUT2D eigenvalue weighted by atomic mass is 19.1. The smallest absolute Gasteiger partial charge is 0.410 e. The summed E-state index contributed by atoms with van der Waals surface area (Å²) in [5.41, 5.74) is 1.23. The molecule has 0 bridgehead atoms. The van der Waals surface area contributed by atoms with Gasteiger partial charge in [0.2, 0.25) is 5.91 Å². The monoisotopic (exact) mass is 448 g/mol. The van der Waals surface area contributed by atoms with Gasteiger partial charge in [0.15, 0.2) is 0 Å². The van der Waals surface area contributed by atoms with Crippen LogP contribution in [-0.2, 0) is 9.53 Å². The standard InChI is InChI=1S/C24H37FN4O3/c1-16(18-14-29(15-18)23(31)32-24(3,4)5)22(30)26-17(2)20-13-19(25)7-8-21(20)28-11-9-27(6)10-12-28/h7-8,13,16-18H,9-12,14-15H2,1-6H3,(H,26,30). The minimum Gasteiger partial charge on any atom is -0.444 e. The third-order valence-electron chi connectivity index (χ3n) is 6.34. The van der Waals surface area contributed by atoms with Crippen LogP contribution in [0.4, 0.5) is 14.9 Å². The van der Waals surface area contributed by atoms with E-state index in [1.54, 1.807) is 4.90 Å². The van der Waals surface area contributed by atoms with E-state index < -0.39 is 5.60 Å². The molecule has 0 aliphatic carbocycles. The van der Waals surface area contributed by atoms with Gasteiger partial charge in [-0.1, -0.05) is 6.92 Å². The van der Waals surface area contributed by atoms with Crippen LogP contribution < -0.4 is 10.2 Å². The number of nitrogens with one attached hydrogen (secondary N) is 1. The molecule has 32 heavy (non-hydrogen) atoms. The van der Waals surface area contributed by atoms with Gasteiger partial charge in [0.25, 0.3) is 0 Å². The molecule has 2 fully saturated rings. The second-order valence-electron chi connectivity index (χ2n) is 10.2. The minimum atomic E-state index is -0.535. The number of likely N-dealkylation sites (tertiary alicyclic amines) is 1. The van der Waals surface area contributed by atoms with Crippen LogP contribution >= 0.6 is 0 Å². The third kappa shape index (κ3) is 5.91. The van der Waals surface area contributed by atoms with Crippen molar-refractivity contribution in [3.63, 3.8) is 0 Å². The second kappa shape index (κ2) is 9.65. The van der Waals surface area contributed by atoms with Gasteiger partial charge in [0, 0.05) is 62.4 Å². The lowest BCUT2D eigenvalue weighted by molar-refractivity contribution is -0.129. The maximum Gasteiger partial charge on any atom is 0.410 e. The van der Waals surface area contributed by atoms with Crippen molar-refractivity contribution >= 4 is 17.7 Å². The molecule has 2 aliphatic heterocycles. The van der Waals surface area contributed by atoms with E-state index in [1.807, 2.05) is 40.7 Å². The topological polar surface area (TPSA) is 65.1 Å². The molecule has 2 amide bonds. The second-order valence-corrected chi connectivity index (χ2v) is 10.2. The zero-order chi connectivity index (χ0) is 23.6. The lowest BCUT2D eigenvalue weighted by Crippen LogP contribution is -2.55.